The highest BCUT2D eigenvalue weighted by Crippen LogP contribution is 2.33. The van der Waals surface area contributed by atoms with Gasteiger partial charge < -0.3 is 0 Å². The van der Waals surface area contributed by atoms with Crippen molar-refractivity contribution in [2.45, 2.75) is 6.04 Å². The zero-order chi connectivity index (χ0) is 14.9. The molecular formula is C13H9BrCl2F2N2. The van der Waals surface area contributed by atoms with E-state index in [2.05, 4.69) is 21.4 Å². The first-order valence-corrected chi connectivity index (χ1v) is 7.05. The van der Waals surface area contributed by atoms with Crippen LogP contribution in [0.25, 0.3) is 0 Å². The Balaban J connectivity index is 2.52. The molecule has 0 aromatic heterocycles. The predicted molar refractivity (Wildman–Crippen MR) is 79.7 cm³/mol. The van der Waals surface area contributed by atoms with Gasteiger partial charge in [0.15, 0.2) is 0 Å². The molecule has 0 saturated carbocycles. The van der Waals surface area contributed by atoms with Crippen molar-refractivity contribution in [1.82, 2.24) is 5.43 Å². The molecule has 2 aromatic carbocycles. The van der Waals surface area contributed by atoms with Gasteiger partial charge in [0.25, 0.3) is 0 Å². The monoisotopic (exact) mass is 380 g/mol. The summed E-state index contributed by atoms with van der Waals surface area (Å²) in [5, 5.41) is -0.109. The second-order valence-electron chi connectivity index (χ2n) is 4.04. The minimum absolute atomic E-state index is 0.0454. The third kappa shape index (κ3) is 2.97. The minimum atomic E-state index is -0.696. The predicted octanol–water partition coefficient (Wildman–Crippen LogP) is 4.59. The summed E-state index contributed by atoms with van der Waals surface area (Å²) in [6, 6.07) is 6.50. The van der Waals surface area contributed by atoms with Gasteiger partial charge in [-0.3, -0.25) is 5.84 Å². The minimum Gasteiger partial charge on any atom is -0.271 e. The summed E-state index contributed by atoms with van der Waals surface area (Å²) in [7, 11) is 0. The van der Waals surface area contributed by atoms with E-state index in [1.54, 1.807) is 6.07 Å². The molecule has 0 aliphatic heterocycles. The second kappa shape index (κ2) is 6.37. The van der Waals surface area contributed by atoms with E-state index in [0.717, 1.165) is 0 Å². The lowest BCUT2D eigenvalue weighted by molar-refractivity contribution is 0.558. The Kier molecular flexibility index (Phi) is 4.99. The molecule has 1 unspecified atom stereocenters. The van der Waals surface area contributed by atoms with Crippen LogP contribution in [0, 0.1) is 11.6 Å². The molecular weight excluding hydrogens is 373 g/mol. The van der Waals surface area contributed by atoms with Gasteiger partial charge >= 0.3 is 0 Å². The summed E-state index contributed by atoms with van der Waals surface area (Å²) >= 11 is 14.7. The van der Waals surface area contributed by atoms with Gasteiger partial charge in [-0.1, -0.05) is 35.3 Å². The number of nitrogens with one attached hydrogen (secondary N) is 1. The van der Waals surface area contributed by atoms with Gasteiger partial charge in [-0.2, -0.15) is 0 Å². The van der Waals surface area contributed by atoms with Crippen LogP contribution in [-0.4, -0.2) is 0 Å². The summed E-state index contributed by atoms with van der Waals surface area (Å²) in [6.07, 6.45) is 0. The highest BCUT2D eigenvalue weighted by atomic mass is 79.9. The van der Waals surface area contributed by atoms with Gasteiger partial charge in [-0.05, 0) is 39.7 Å². The quantitative estimate of drug-likeness (QED) is 0.463. The van der Waals surface area contributed by atoms with Crippen molar-refractivity contribution in [3.63, 3.8) is 0 Å². The zero-order valence-corrected chi connectivity index (χ0v) is 13.0. The summed E-state index contributed by atoms with van der Waals surface area (Å²) in [4.78, 5) is 0. The number of hydrogen-bond acceptors (Lipinski definition) is 2. The van der Waals surface area contributed by atoms with E-state index in [1.807, 2.05) is 0 Å². The van der Waals surface area contributed by atoms with E-state index in [4.69, 9.17) is 29.0 Å². The molecule has 0 spiro atoms. The molecule has 7 heteroatoms. The molecule has 2 rings (SSSR count). The summed E-state index contributed by atoms with van der Waals surface area (Å²) in [6.45, 7) is 0. The van der Waals surface area contributed by atoms with Crippen molar-refractivity contribution in [3.05, 3.63) is 67.6 Å². The molecule has 0 amide bonds. The van der Waals surface area contributed by atoms with Crippen LogP contribution in [0.4, 0.5) is 8.78 Å². The van der Waals surface area contributed by atoms with Gasteiger partial charge in [0, 0.05) is 10.0 Å². The van der Waals surface area contributed by atoms with Crippen molar-refractivity contribution < 1.29 is 8.78 Å². The first kappa shape index (κ1) is 15.7. The molecule has 0 radical (unpaired) electrons. The van der Waals surface area contributed by atoms with Crippen LogP contribution in [0.15, 0.2) is 34.8 Å². The Bertz CT molecular complexity index is 653. The molecule has 2 aromatic rings. The SMILES string of the molecule is NNC(c1ccc(F)c(Cl)c1)c1ccc(Br)c(Cl)c1F. The van der Waals surface area contributed by atoms with Gasteiger partial charge in [-0.15, -0.1) is 0 Å². The van der Waals surface area contributed by atoms with E-state index < -0.39 is 17.7 Å². The Morgan fingerprint density at radius 2 is 1.85 bits per heavy atom. The number of benzene rings is 2. The number of halogens is 5. The maximum absolute atomic E-state index is 14.2. The van der Waals surface area contributed by atoms with Crippen molar-refractivity contribution in [3.8, 4) is 0 Å². The van der Waals surface area contributed by atoms with E-state index in [-0.39, 0.29) is 15.6 Å². The Labute approximate surface area is 133 Å². The summed E-state index contributed by atoms with van der Waals surface area (Å²) in [5.74, 6) is 4.31. The molecule has 2 nitrogen and oxygen atoms in total. The van der Waals surface area contributed by atoms with Crippen LogP contribution >= 0.6 is 39.1 Å². The van der Waals surface area contributed by atoms with Gasteiger partial charge in [-0.25, -0.2) is 14.2 Å². The zero-order valence-electron chi connectivity index (χ0n) is 9.93. The fraction of sp³-hybridized carbons (Fsp3) is 0.0769. The lowest BCUT2D eigenvalue weighted by Gasteiger charge is -2.19. The summed E-state index contributed by atoms with van der Waals surface area (Å²) < 4.78 is 27.8. The number of rotatable bonds is 3. The van der Waals surface area contributed by atoms with Crippen LogP contribution in [0.2, 0.25) is 10.0 Å². The largest absolute Gasteiger partial charge is 0.271 e. The molecule has 3 N–H and O–H groups in total. The average Bonchev–Trinajstić information content (AvgIpc) is 2.43. The standard InChI is InChI=1S/C13H9BrCl2F2N2/c14-8-3-2-7(12(18)11(8)16)13(20-19)6-1-4-10(17)9(15)5-6/h1-5,13,20H,19H2. The van der Waals surface area contributed by atoms with Crippen LogP contribution in [0.3, 0.4) is 0 Å². The highest BCUT2D eigenvalue weighted by Gasteiger charge is 2.20. The Morgan fingerprint density at radius 3 is 2.45 bits per heavy atom. The maximum Gasteiger partial charge on any atom is 0.148 e. The first-order chi connectivity index (χ1) is 9.45. The molecule has 0 fully saturated rings. The Morgan fingerprint density at radius 1 is 1.15 bits per heavy atom. The number of hydrogen-bond donors (Lipinski definition) is 2. The second-order valence-corrected chi connectivity index (χ2v) is 5.68. The number of hydrazine groups is 1. The van der Waals surface area contributed by atoms with Crippen LogP contribution in [0.1, 0.15) is 17.2 Å². The molecule has 0 aliphatic carbocycles. The van der Waals surface area contributed by atoms with Crippen molar-refractivity contribution in [1.29, 1.82) is 0 Å². The molecule has 0 aliphatic rings. The van der Waals surface area contributed by atoms with Crippen LogP contribution < -0.4 is 11.3 Å². The summed E-state index contributed by atoms with van der Waals surface area (Å²) in [5.41, 5.74) is 3.24. The van der Waals surface area contributed by atoms with E-state index >= 15 is 0 Å². The third-order valence-corrected chi connectivity index (χ3v) is 4.37. The fourth-order valence-electron chi connectivity index (χ4n) is 1.82. The smallest absolute Gasteiger partial charge is 0.148 e. The average molecular weight is 382 g/mol. The third-order valence-electron chi connectivity index (χ3n) is 2.82. The first-order valence-electron chi connectivity index (χ1n) is 5.50. The van der Waals surface area contributed by atoms with Gasteiger partial charge in [0.2, 0.25) is 0 Å². The van der Waals surface area contributed by atoms with Gasteiger partial charge in [0.1, 0.15) is 11.6 Å². The van der Waals surface area contributed by atoms with Crippen LogP contribution in [0.5, 0.6) is 0 Å². The van der Waals surface area contributed by atoms with Crippen molar-refractivity contribution >= 4 is 39.1 Å². The van der Waals surface area contributed by atoms with Crippen molar-refractivity contribution in [2.75, 3.05) is 0 Å². The van der Waals surface area contributed by atoms with Crippen LogP contribution in [-0.2, 0) is 0 Å². The van der Waals surface area contributed by atoms with E-state index in [9.17, 15) is 8.78 Å². The van der Waals surface area contributed by atoms with Gasteiger partial charge in [0.05, 0.1) is 16.1 Å². The maximum atomic E-state index is 14.2. The lowest BCUT2D eigenvalue weighted by Crippen LogP contribution is -2.29. The number of nitrogens with two attached hydrogens (primary N) is 1. The fourth-order valence-corrected chi connectivity index (χ4v) is 2.49. The molecule has 20 heavy (non-hydrogen) atoms. The molecule has 0 heterocycles. The van der Waals surface area contributed by atoms with E-state index in [1.165, 1.54) is 24.3 Å². The topological polar surface area (TPSA) is 38.0 Å². The molecule has 0 saturated heterocycles. The lowest BCUT2D eigenvalue weighted by atomic mass is 9.99. The van der Waals surface area contributed by atoms with Crippen molar-refractivity contribution in [2.24, 2.45) is 5.84 Å². The molecule has 106 valence electrons. The highest BCUT2D eigenvalue weighted by molar-refractivity contribution is 9.10. The normalized spacial score (nSPS) is 12.5. The Hall–Kier alpha value is -0.720. The molecule has 1 atom stereocenters. The molecule has 0 bridgehead atoms. The van der Waals surface area contributed by atoms with E-state index in [0.29, 0.717) is 10.0 Å².